The minimum atomic E-state index is -0.705. The molecule has 0 radical (unpaired) electrons. The molecule has 1 aromatic heterocycles. The van der Waals surface area contributed by atoms with Gasteiger partial charge in [0.1, 0.15) is 0 Å². The molecule has 0 spiro atoms. The van der Waals surface area contributed by atoms with Gasteiger partial charge in [-0.1, -0.05) is 15.9 Å². The van der Waals surface area contributed by atoms with Gasteiger partial charge in [0.2, 0.25) is 0 Å². The number of aryl methyl sites for hydroxylation is 1. The average Bonchev–Trinajstić information content (AvgIpc) is 2.63. The Balaban J connectivity index is 2.36. The predicted octanol–water partition coefficient (Wildman–Crippen LogP) is 3.45. The molecule has 94 valence electrons. The summed E-state index contributed by atoms with van der Waals surface area (Å²) in [7, 11) is 2.03. The lowest BCUT2D eigenvalue weighted by Crippen LogP contribution is -2.18. The maximum Gasteiger partial charge on any atom is 0.311 e. The van der Waals surface area contributed by atoms with E-state index in [0.717, 1.165) is 40.2 Å². The third-order valence-electron chi connectivity index (χ3n) is 3.88. The van der Waals surface area contributed by atoms with Gasteiger partial charge in [0.25, 0.3) is 0 Å². The zero-order valence-electron chi connectivity index (χ0n) is 10.1. The van der Waals surface area contributed by atoms with Crippen molar-refractivity contribution in [3.63, 3.8) is 0 Å². The normalized spacial score (nSPS) is 18.9. The summed E-state index contributed by atoms with van der Waals surface area (Å²) >= 11 is 3.47. The molecule has 1 N–H and O–H groups in total. The smallest absolute Gasteiger partial charge is 0.311 e. The fourth-order valence-corrected chi connectivity index (χ4v) is 3.42. The van der Waals surface area contributed by atoms with E-state index in [9.17, 15) is 9.90 Å². The van der Waals surface area contributed by atoms with E-state index in [2.05, 4.69) is 26.6 Å². The van der Waals surface area contributed by atoms with Crippen LogP contribution in [0.5, 0.6) is 0 Å². The van der Waals surface area contributed by atoms with Gasteiger partial charge in [-0.05, 0) is 43.0 Å². The molecule has 3 rings (SSSR count). The van der Waals surface area contributed by atoms with Crippen molar-refractivity contribution in [3.8, 4) is 0 Å². The molecule has 1 aliphatic rings. The lowest BCUT2D eigenvalue weighted by Gasteiger charge is -2.20. The number of carboxylic acids is 1. The zero-order valence-corrected chi connectivity index (χ0v) is 11.7. The van der Waals surface area contributed by atoms with Gasteiger partial charge in [0.15, 0.2) is 0 Å². The van der Waals surface area contributed by atoms with E-state index >= 15 is 0 Å². The molecule has 0 amide bonds. The van der Waals surface area contributed by atoms with Gasteiger partial charge >= 0.3 is 5.97 Å². The Kier molecular flexibility index (Phi) is 2.70. The zero-order chi connectivity index (χ0) is 12.9. The van der Waals surface area contributed by atoms with Crippen LogP contribution in [0.2, 0.25) is 0 Å². The molecular weight excluding hydrogens is 294 g/mol. The predicted molar refractivity (Wildman–Crippen MR) is 73.9 cm³/mol. The Morgan fingerprint density at radius 3 is 3.00 bits per heavy atom. The van der Waals surface area contributed by atoms with Crippen LogP contribution in [-0.2, 0) is 18.3 Å². The summed E-state index contributed by atoms with van der Waals surface area (Å²) in [5.41, 5.74) is 3.32. The first-order chi connectivity index (χ1) is 8.59. The van der Waals surface area contributed by atoms with Crippen molar-refractivity contribution in [3.05, 3.63) is 33.9 Å². The first-order valence-electron chi connectivity index (χ1n) is 6.09. The molecule has 1 heterocycles. The second-order valence-corrected chi connectivity index (χ2v) is 5.78. The van der Waals surface area contributed by atoms with Crippen molar-refractivity contribution in [2.24, 2.45) is 7.05 Å². The number of aromatic nitrogens is 1. The SMILES string of the molecule is Cn1c2c(c3cc(Br)ccc31)C(C(=O)O)CCC2. The largest absolute Gasteiger partial charge is 0.481 e. The number of rotatable bonds is 1. The molecule has 1 aliphatic carbocycles. The average molecular weight is 308 g/mol. The molecule has 4 heteroatoms. The van der Waals surface area contributed by atoms with Crippen molar-refractivity contribution in [1.29, 1.82) is 0 Å². The second kappa shape index (κ2) is 4.12. The number of nitrogens with zero attached hydrogens (tertiary/aromatic N) is 1. The van der Waals surface area contributed by atoms with E-state index in [1.807, 2.05) is 19.2 Å². The summed E-state index contributed by atoms with van der Waals surface area (Å²) in [6.45, 7) is 0. The van der Waals surface area contributed by atoms with Crippen molar-refractivity contribution in [2.75, 3.05) is 0 Å². The molecule has 0 bridgehead atoms. The van der Waals surface area contributed by atoms with E-state index < -0.39 is 5.97 Å². The minimum Gasteiger partial charge on any atom is -0.481 e. The Morgan fingerprint density at radius 1 is 1.50 bits per heavy atom. The lowest BCUT2D eigenvalue weighted by atomic mass is 9.85. The van der Waals surface area contributed by atoms with Crippen LogP contribution < -0.4 is 0 Å². The highest BCUT2D eigenvalue weighted by Gasteiger charge is 2.30. The summed E-state index contributed by atoms with van der Waals surface area (Å²) in [5.74, 6) is -1.06. The summed E-state index contributed by atoms with van der Waals surface area (Å²) in [4.78, 5) is 11.4. The molecule has 1 aromatic carbocycles. The number of fused-ring (bicyclic) bond motifs is 3. The number of carboxylic acid groups (broad SMARTS) is 1. The van der Waals surface area contributed by atoms with Gasteiger partial charge in [0, 0.05) is 28.1 Å². The summed E-state index contributed by atoms with van der Waals surface area (Å²) in [6, 6.07) is 6.09. The van der Waals surface area contributed by atoms with Gasteiger partial charge in [-0.2, -0.15) is 0 Å². The van der Waals surface area contributed by atoms with E-state index in [1.54, 1.807) is 0 Å². The fraction of sp³-hybridized carbons (Fsp3) is 0.357. The van der Waals surface area contributed by atoms with Gasteiger partial charge in [-0.25, -0.2) is 0 Å². The van der Waals surface area contributed by atoms with Crippen LogP contribution in [0, 0.1) is 0 Å². The van der Waals surface area contributed by atoms with E-state index in [1.165, 1.54) is 5.69 Å². The first-order valence-corrected chi connectivity index (χ1v) is 6.88. The quantitative estimate of drug-likeness (QED) is 0.877. The number of hydrogen-bond donors (Lipinski definition) is 1. The van der Waals surface area contributed by atoms with Crippen LogP contribution in [0.15, 0.2) is 22.7 Å². The molecule has 1 unspecified atom stereocenters. The molecule has 18 heavy (non-hydrogen) atoms. The molecule has 0 saturated carbocycles. The van der Waals surface area contributed by atoms with Crippen LogP contribution in [0.4, 0.5) is 0 Å². The maximum absolute atomic E-state index is 11.4. The van der Waals surface area contributed by atoms with Crippen LogP contribution in [0.3, 0.4) is 0 Å². The van der Waals surface area contributed by atoms with Crippen molar-refractivity contribution >= 4 is 32.8 Å². The first kappa shape index (κ1) is 11.8. The maximum atomic E-state index is 11.4. The Bertz CT molecular complexity index is 645. The Morgan fingerprint density at radius 2 is 2.28 bits per heavy atom. The van der Waals surface area contributed by atoms with E-state index in [-0.39, 0.29) is 5.92 Å². The van der Waals surface area contributed by atoms with E-state index in [0.29, 0.717) is 0 Å². The van der Waals surface area contributed by atoms with Gasteiger partial charge in [0.05, 0.1) is 5.92 Å². The number of carbonyl (C=O) groups is 1. The lowest BCUT2D eigenvalue weighted by molar-refractivity contribution is -0.139. The topological polar surface area (TPSA) is 42.2 Å². The van der Waals surface area contributed by atoms with E-state index in [4.69, 9.17) is 0 Å². The third-order valence-corrected chi connectivity index (χ3v) is 4.37. The van der Waals surface area contributed by atoms with Crippen LogP contribution in [0.25, 0.3) is 10.9 Å². The molecule has 3 nitrogen and oxygen atoms in total. The summed E-state index contributed by atoms with van der Waals surface area (Å²) in [6.07, 6.45) is 2.67. The second-order valence-electron chi connectivity index (χ2n) is 4.86. The highest BCUT2D eigenvalue weighted by molar-refractivity contribution is 9.10. The molecule has 0 saturated heterocycles. The highest BCUT2D eigenvalue weighted by Crippen LogP contribution is 2.39. The molecule has 1 atom stereocenters. The van der Waals surface area contributed by atoms with Crippen LogP contribution >= 0.6 is 15.9 Å². The minimum absolute atomic E-state index is 0.355. The number of hydrogen-bond acceptors (Lipinski definition) is 1. The van der Waals surface area contributed by atoms with Gasteiger partial charge in [-0.15, -0.1) is 0 Å². The monoisotopic (exact) mass is 307 g/mol. The molecule has 0 fully saturated rings. The number of benzene rings is 1. The number of halogens is 1. The molecular formula is C14H14BrNO2. The Labute approximate surface area is 114 Å². The van der Waals surface area contributed by atoms with Crippen LogP contribution in [0.1, 0.15) is 30.0 Å². The van der Waals surface area contributed by atoms with Crippen LogP contribution in [-0.4, -0.2) is 15.6 Å². The Hall–Kier alpha value is -1.29. The summed E-state index contributed by atoms with van der Waals surface area (Å²) in [5, 5.41) is 10.5. The summed E-state index contributed by atoms with van der Waals surface area (Å²) < 4.78 is 3.14. The van der Waals surface area contributed by atoms with Crippen molar-refractivity contribution < 1.29 is 9.90 Å². The van der Waals surface area contributed by atoms with Crippen molar-refractivity contribution in [2.45, 2.75) is 25.2 Å². The molecule has 0 aliphatic heterocycles. The molecule has 2 aromatic rings. The fourth-order valence-electron chi connectivity index (χ4n) is 3.05. The van der Waals surface area contributed by atoms with Crippen molar-refractivity contribution in [1.82, 2.24) is 4.57 Å². The number of aliphatic carboxylic acids is 1. The van der Waals surface area contributed by atoms with Gasteiger partial charge in [-0.3, -0.25) is 4.79 Å². The third kappa shape index (κ3) is 1.59. The standard InChI is InChI=1S/C14H14BrNO2/c1-16-11-6-5-8(15)7-10(11)13-9(14(17)18)3-2-4-12(13)16/h5-7,9H,2-4H2,1H3,(H,17,18). The highest BCUT2D eigenvalue weighted by atomic mass is 79.9. The van der Waals surface area contributed by atoms with Gasteiger partial charge < -0.3 is 9.67 Å².